The van der Waals surface area contributed by atoms with Gasteiger partial charge in [-0.2, -0.15) is 0 Å². The predicted octanol–water partition coefficient (Wildman–Crippen LogP) is -2.22. The summed E-state index contributed by atoms with van der Waals surface area (Å²) in [5, 5.41) is 19.9. The molecule has 5 heteroatoms. The summed E-state index contributed by atoms with van der Waals surface area (Å²) in [6, 6.07) is 2.68. The minimum atomic E-state index is -1.20. The molecule has 0 radical (unpaired) electrons. The molecule has 0 amide bonds. The van der Waals surface area contributed by atoms with Gasteiger partial charge in [-0.3, -0.25) is 0 Å². The second-order valence-corrected chi connectivity index (χ2v) is 2.62. The fourth-order valence-corrected chi connectivity index (χ4v) is 1.11. The molecule has 0 fully saturated rings. The molecule has 1 rings (SSSR count). The molecule has 4 nitrogen and oxygen atoms in total. The molecule has 1 aromatic rings. The maximum atomic E-state index is 11.2. The van der Waals surface area contributed by atoms with Gasteiger partial charge in [0.2, 0.25) is 0 Å². The molecule has 0 saturated carbocycles. The average molecular weight is 220 g/mol. The second-order valence-electron chi connectivity index (χ2n) is 2.62. The molecule has 0 spiro atoms. The van der Waals surface area contributed by atoms with Crippen LogP contribution in [0.5, 0.6) is 11.5 Å². The molecule has 1 N–H and O–H groups in total. The van der Waals surface area contributed by atoms with Crippen molar-refractivity contribution in [2.75, 3.05) is 7.11 Å². The van der Waals surface area contributed by atoms with Crippen molar-refractivity contribution in [2.24, 2.45) is 0 Å². The average Bonchev–Trinajstić information content (AvgIpc) is 2.02. The summed E-state index contributed by atoms with van der Waals surface area (Å²) < 4.78 is 4.82. The van der Waals surface area contributed by atoms with Crippen molar-refractivity contribution in [2.45, 2.75) is 6.92 Å². The minimum Gasteiger partial charge on any atom is -0.872 e. The zero-order valence-electron chi connectivity index (χ0n) is 8.33. The van der Waals surface area contributed by atoms with E-state index in [0.29, 0.717) is 11.3 Å². The van der Waals surface area contributed by atoms with Crippen LogP contribution in [0.3, 0.4) is 0 Å². The number of carbonyl (C=O) groups is 1. The quantitative estimate of drug-likeness (QED) is 0.573. The molecule has 1 aromatic carbocycles. The molecule has 0 aromatic heterocycles. The summed E-state index contributed by atoms with van der Waals surface area (Å²) >= 11 is 0. The number of benzene rings is 1. The Morgan fingerprint density at radius 3 is 2.43 bits per heavy atom. The van der Waals surface area contributed by atoms with Crippen LogP contribution in [-0.2, 0) is 0 Å². The maximum absolute atomic E-state index is 11.2. The van der Waals surface area contributed by atoms with Crippen LogP contribution in [0.25, 0.3) is 0 Å². The fourth-order valence-electron chi connectivity index (χ4n) is 1.11. The summed E-state index contributed by atoms with van der Waals surface area (Å²) in [5.74, 6) is -1.35. The summed E-state index contributed by atoms with van der Waals surface area (Å²) in [7, 11) is 1.43. The number of carboxylic acid groups (broad SMARTS) is 1. The van der Waals surface area contributed by atoms with Gasteiger partial charge in [-0.05, 0) is 24.6 Å². The van der Waals surface area contributed by atoms with Crippen molar-refractivity contribution < 1.29 is 71.1 Å². The maximum Gasteiger partial charge on any atom is 1.00 e. The fraction of sp³-hybridized carbons (Fsp3) is 0.222. The van der Waals surface area contributed by atoms with Crippen molar-refractivity contribution in [1.29, 1.82) is 0 Å². The molecule has 0 aliphatic rings. The van der Waals surface area contributed by atoms with Gasteiger partial charge in [0.15, 0.2) is 0 Å². The number of aromatic carboxylic acids is 1. The van der Waals surface area contributed by atoms with Gasteiger partial charge >= 0.3 is 57.4 Å². The Morgan fingerprint density at radius 1 is 1.50 bits per heavy atom. The SMILES string of the molecule is COc1cc(C)c(C(=O)O)c([O-])c1.[K+]. The third-order valence-corrected chi connectivity index (χ3v) is 1.72. The van der Waals surface area contributed by atoms with Crippen LogP contribution in [0.15, 0.2) is 12.1 Å². The first-order valence-electron chi connectivity index (χ1n) is 3.65. The van der Waals surface area contributed by atoms with Crippen molar-refractivity contribution in [1.82, 2.24) is 0 Å². The first kappa shape index (κ1) is 13.9. The first-order valence-corrected chi connectivity index (χ1v) is 3.65. The van der Waals surface area contributed by atoms with Gasteiger partial charge in [0.25, 0.3) is 0 Å². The molecular weight excluding hydrogens is 211 g/mol. The van der Waals surface area contributed by atoms with Gasteiger partial charge in [0.1, 0.15) is 5.75 Å². The van der Waals surface area contributed by atoms with Gasteiger partial charge in [-0.15, -0.1) is 0 Å². The monoisotopic (exact) mass is 220 g/mol. The largest absolute Gasteiger partial charge is 1.00 e. The third kappa shape index (κ3) is 2.96. The van der Waals surface area contributed by atoms with Gasteiger partial charge in [0, 0.05) is 0 Å². The summed E-state index contributed by atoms with van der Waals surface area (Å²) in [5.41, 5.74) is 0.220. The van der Waals surface area contributed by atoms with Crippen LogP contribution in [-0.4, -0.2) is 18.2 Å². The Bertz CT molecular complexity index is 326. The topological polar surface area (TPSA) is 69.6 Å². The van der Waals surface area contributed by atoms with E-state index in [-0.39, 0.29) is 56.9 Å². The Kier molecular flexibility index (Phi) is 5.69. The van der Waals surface area contributed by atoms with E-state index in [1.54, 1.807) is 6.92 Å². The zero-order chi connectivity index (χ0) is 10.0. The number of rotatable bonds is 2. The molecule has 0 saturated heterocycles. The van der Waals surface area contributed by atoms with Crippen molar-refractivity contribution in [3.8, 4) is 11.5 Å². The Balaban J connectivity index is 0.00000169. The number of methoxy groups -OCH3 is 1. The molecule has 14 heavy (non-hydrogen) atoms. The number of ether oxygens (including phenoxy) is 1. The standard InChI is InChI=1S/C9H10O4.K/c1-5-3-6(13-2)4-7(10)8(5)9(11)12;/h3-4,10H,1-2H3,(H,11,12);/q;+1/p-1. The van der Waals surface area contributed by atoms with Crippen molar-refractivity contribution >= 4 is 5.97 Å². The number of aryl methyl sites for hydroxylation is 1. The van der Waals surface area contributed by atoms with Gasteiger partial charge in [0.05, 0.1) is 12.7 Å². The molecule has 0 atom stereocenters. The zero-order valence-corrected chi connectivity index (χ0v) is 11.4. The van der Waals surface area contributed by atoms with Crippen LogP contribution < -0.4 is 61.2 Å². The van der Waals surface area contributed by atoms with Crippen LogP contribution in [0, 0.1) is 6.92 Å². The summed E-state index contributed by atoms with van der Waals surface area (Å²) in [6.07, 6.45) is 0. The van der Waals surface area contributed by atoms with E-state index in [4.69, 9.17) is 9.84 Å². The molecule has 70 valence electrons. The van der Waals surface area contributed by atoms with E-state index in [1.165, 1.54) is 13.2 Å². The molecule has 0 aliphatic heterocycles. The summed E-state index contributed by atoms with van der Waals surface area (Å²) in [4.78, 5) is 10.6. The van der Waals surface area contributed by atoms with Crippen molar-refractivity contribution in [3.63, 3.8) is 0 Å². The number of carboxylic acids is 1. The van der Waals surface area contributed by atoms with E-state index in [1.807, 2.05) is 0 Å². The number of hydrogen-bond donors (Lipinski definition) is 1. The molecule has 0 unspecified atom stereocenters. The van der Waals surface area contributed by atoms with Gasteiger partial charge in [-0.25, -0.2) is 4.79 Å². The van der Waals surface area contributed by atoms with E-state index in [9.17, 15) is 9.90 Å². The van der Waals surface area contributed by atoms with Gasteiger partial charge in [-0.1, -0.05) is 5.75 Å². The molecule has 0 aliphatic carbocycles. The predicted molar refractivity (Wildman–Crippen MR) is 44.1 cm³/mol. The first-order chi connectivity index (χ1) is 6.06. The second kappa shape index (κ2) is 5.72. The minimum absolute atomic E-state index is 0. The van der Waals surface area contributed by atoms with Crippen LogP contribution in [0.4, 0.5) is 0 Å². The Hall–Kier alpha value is -0.0736. The van der Waals surface area contributed by atoms with E-state index < -0.39 is 11.7 Å². The van der Waals surface area contributed by atoms with Crippen LogP contribution in [0.2, 0.25) is 0 Å². The third-order valence-electron chi connectivity index (χ3n) is 1.72. The van der Waals surface area contributed by atoms with Crippen LogP contribution >= 0.6 is 0 Å². The Morgan fingerprint density at radius 2 is 2.07 bits per heavy atom. The van der Waals surface area contributed by atoms with Crippen LogP contribution in [0.1, 0.15) is 15.9 Å². The molecule has 0 heterocycles. The van der Waals surface area contributed by atoms with E-state index >= 15 is 0 Å². The van der Waals surface area contributed by atoms with E-state index in [0.717, 1.165) is 6.07 Å². The van der Waals surface area contributed by atoms with E-state index in [2.05, 4.69) is 0 Å². The normalized spacial score (nSPS) is 9.00. The number of hydrogen-bond acceptors (Lipinski definition) is 3. The Labute approximate surface area is 124 Å². The summed E-state index contributed by atoms with van der Waals surface area (Å²) in [6.45, 7) is 1.56. The smallest absolute Gasteiger partial charge is 0.872 e. The molecular formula is C9H9KO4. The van der Waals surface area contributed by atoms with Gasteiger partial charge < -0.3 is 14.9 Å². The molecule has 0 bridgehead atoms. The van der Waals surface area contributed by atoms with Crippen molar-refractivity contribution in [3.05, 3.63) is 23.3 Å².